The van der Waals surface area contributed by atoms with Gasteiger partial charge in [0, 0.05) is 7.05 Å². The molecule has 6 heteroatoms. The van der Waals surface area contributed by atoms with Gasteiger partial charge in [0.05, 0.1) is 12.1 Å². The van der Waals surface area contributed by atoms with E-state index >= 15 is 0 Å². The molecule has 1 unspecified atom stereocenters. The van der Waals surface area contributed by atoms with Gasteiger partial charge in [-0.3, -0.25) is 4.79 Å². The summed E-state index contributed by atoms with van der Waals surface area (Å²) in [7, 11) is 1.54. The lowest BCUT2D eigenvalue weighted by molar-refractivity contribution is -0.136. The molecule has 0 radical (unpaired) electrons. The van der Waals surface area contributed by atoms with Gasteiger partial charge in [0.15, 0.2) is 0 Å². The fourth-order valence-corrected chi connectivity index (χ4v) is 2.12. The summed E-state index contributed by atoms with van der Waals surface area (Å²) in [5, 5.41) is 21.3. The number of rotatable bonds is 7. The molecule has 0 aromatic heterocycles. The topological polar surface area (TPSA) is 89.9 Å². The van der Waals surface area contributed by atoms with Crippen molar-refractivity contribution in [1.82, 2.24) is 10.2 Å². The molecule has 1 aromatic rings. The van der Waals surface area contributed by atoms with E-state index in [-0.39, 0.29) is 6.42 Å². The third-order valence-electron chi connectivity index (χ3n) is 3.55. The average molecular weight is 306 g/mol. The molecule has 0 heterocycles. The minimum absolute atomic E-state index is 0.184. The fourth-order valence-electron chi connectivity index (χ4n) is 2.12. The van der Waals surface area contributed by atoms with Crippen molar-refractivity contribution < 1.29 is 19.8 Å². The van der Waals surface area contributed by atoms with Gasteiger partial charge >= 0.3 is 6.09 Å². The van der Waals surface area contributed by atoms with Gasteiger partial charge in [-0.15, -0.1) is 6.58 Å². The zero-order valence-electron chi connectivity index (χ0n) is 12.8. The van der Waals surface area contributed by atoms with Crippen LogP contribution in [0.25, 0.3) is 0 Å². The van der Waals surface area contributed by atoms with E-state index in [1.807, 2.05) is 6.07 Å². The summed E-state index contributed by atoms with van der Waals surface area (Å²) in [4.78, 5) is 24.5. The molecule has 0 spiro atoms. The van der Waals surface area contributed by atoms with E-state index in [1.54, 1.807) is 38.2 Å². The monoisotopic (exact) mass is 306 g/mol. The van der Waals surface area contributed by atoms with E-state index in [0.717, 1.165) is 0 Å². The van der Waals surface area contributed by atoms with Gasteiger partial charge in [-0.2, -0.15) is 0 Å². The molecule has 22 heavy (non-hydrogen) atoms. The highest BCUT2D eigenvalue weighted by Crippen LogP contribution is 2.20. The first-order chi connectivity index (χ1) is 10.4. The van der Waals surface area contributed by atoms with Crippen LogP contribution in [0.2, 0.25) is 0 Å². The number of likely N-dealkylation sites (N-methyl/N-ethyl adjacent to an activating group) is 1. The van der Waals surface area contributed by atoms with Crippen LogP contribution in [-0.4, -0.2) is 46.2 Å². The summed E-state index contributed by atoms with van der Waals surface area (Å²) >= 11 is 0. The zero-order chi connectivity index (χ0) is 16.7. The molecule has 120 valence electrons. The summed E-state index contributed by atoms with van der Waals surface area (Å²) in [5.41, 5.74) is 0.695. The van der Waals surface area contributed by atoms with Crippen molar-refractivity contribution in [2.75, 3.05) is 7.05 Å². The molecule has 0 aliphatic heterocycles. The first-order valence-electron chi connectivity index (χ1n) is 6.98. The van der Waals surface area contributed by atoms with Crippen LogP contribution < -0.4 is 5.32 Å². The number of aliphatic hydroxyl groups is 1. The number of benzene rings is 1. The van der Waals surface area contributed by atoms with Crippen LogP contribution in [0, 0.1) is 0 Å². The highest BCUT2D eigenvalue weighted by molar-refractivity contribution is 5.85. The van der Waals surface area contributed by atoms with Crippen molar-refractivity contribution >= 4 is 12.0 Å². The van der Waals surface area contributed by atoms with Crippen molar-refractivity contribution in [3.05, 3.63) is 48.6 Å². The molecular weight excluding hydrogens is 284 g/mol. The largest absolute Gasteiger partial charge is 0.465 e. The summed E-state index contributed by atoms with van der Waals surface area (Å²) < 4.78 is 0. The lowest BCUT2D eigenvalue weighted by Gasteiger charge is -2.31. The Morgan fingerprint density at radius 3 is 2.45 bits per heavy atom. The van der Waals surface area contributed by atoms with E-state index in [0.29, 0.717) is 5.56 Å². The number of nitrogens with zero attached hydrogens (tertiary/aromatic N) is 1. The van der Waals surface area contributed by atoms with Gasteiger partial charge in [-0.25, -0.2) is 4.79 Å². The molecule has 0 fully saturated rings. The van der Waals surface area contributed by atoms with E-state index in [9.17, 15) is 14.7 Å². The zero-order valence-corrected chi connectivity index (χ0v) is 12.8. The Bertz CT molecular complexity index is 518. The van der Waals surface area contributed by atoms with Crippen LogP contribution in [0.15, 0.2) is 43.0 Å². The summed E-state index contributed by atoms with van der Waals surface area (Å²) in [6.07, 6.45) is -0.469. The van der Waals surface area contributed by atoms with Crippen molar-refractivity contribution in [2.45, 2.75) is 31.5 Å². The molecule has 3 atom stereocenters. The molecule has 0 aliphatic carbocycles. The summed E-state index contributed by atoms with van der Waals surface area (Å²) in [6.45, 7) is 5.23. The predicted octanol–water partition coefficient (Wildman–Crippen LogP) is 1.78. The number of nitrogens with one attached hydrogen (secondary N) is 1. The molecule has 0 bridgehead atoms. The molecule has 0 saturated heterocycles. The highest BCUT2D eigenvalue weighted by atomic mass is 16.4. The van der Waals surface area contributed by atoms with Crippen LogP contribution in [0.3, 0.4) is 0 Å². The number of carbonyl (C=O) groups excluding carboxylic acids is 1. The van der Waals surface area contributed by atoms with E-state index < -0.39 is 30.2 Å². The van der Waals surface area contributed by atoms with Gasteiger partial charge < -0.3 is 20.4 Å². The van der Waals surface area contributed by atoms with Crippen LogP contribution in [0.4, 0.5) is 4.79 Å². The summed E-state index contributed by atoms with van der Waals surface area (Å²) in [6, 6.07) is 7.58. The SMILES string of the molecule is C=CCC(NC(=O)O)C(=O)N(C)[C@@H](C)[C@@H](O)c1ccccc1. The maximum absolute atomic E-state index is 12.4. The second kappa shape index (κ2) is 8.19. The minimum atomic E-state index is -1.27. The van der Waals surface area contributed by atoms with Crippen LogP contribution in [0.5, 0.6) is 0 Å². The molecule has 3 N–H and O–H groups in total. The molecular formula is C16H22N2O4. The molecule has 1 aromatic carbocycles. The lowest BCUT2D eigenvalue weighted by Crippen LogP contribution is -2.50. The Balaban J connectivity index is 2.83. The number of aliphatic hydroxyl groups excluding tert-OH is 1. The Morgan fingerprint density at radius 2 is 1.95 bits per heavy atom. The third kappa shape index (κ3) is 4.60. The first kappa shape index (κ1) is 17.7. The lowest BCUT2D eigenvalue weighted by atomic mass is 10.0. The normalized spacial score (nSPS) is 14.5. The van der Waals surface area contributed by atoms with Crippen LogP contribution in [-0.2, 0) is 4.79 Å². The number of hydrogen-bond acceptors (Lipinski definition) is 3. The molecule has 0 saturated carbocycles. The average Bonchev–Trinajstić information content (AvgIpc) is 2.52. The Morgan fingerprint density at radius 1 is 1.36 bits per heavy atom. The van der Waals surface area contributed by atoms with Gasteiger partial charge in [-0.05, 0) is 18.9 Å². The Labute approximate surface area is 130 Å². The number of carboxylic acid groups (broad SMARTS) is 1. The maximum atomic E-state index is 12.4. The van der Waals surface area contributed by atoms with Gasteiger partial charge in [0.2, 0.25) is 5.91 Å². The third-order valence-corrected chi connectivity index (χ3v) is 3.55. The van der Waals surface area contributed by atoms with E-state index in [1.165, 1.54) is 11.0 Å². The first-order valence-corrected chi connectivity index (χ1v) is 6.98. The molecule has 6 nitrogen and oxygen atoms in total. The van der Waals surface area contributed by atoms with Crippen molar-refractivity contribution in [3.8, 4) is 0 Å². The standard InChI is InChI=1S/C16H22N2O4/c1-4-8-13(17-16(21)22)15(20)18(3)11(2)14(19)12-9-6-5-7-10-12/h4-7,9-11,13-14,17,19H,1,8H2,2-3H3,(H,21,22)/t11-,13?,14+/m0/s1. The van der Waals surface area contributed by atoms with Crippen LogP contribution >= 0.6 is 0 Å². The fraction of sp³-hybridized carbons (Fsp3) is 0.375. The number of carbonyl (C=O) groups is 2. The Hall–Kier alpha value is -2.34. The Kier molecular flexibility index (Phi) is 6.59. The highest BCUT2D eigenvalue weighted by Gasteiger charge is 2.29. The van der Waals surface area contributed by atoms with Crippen molar-refractivity contribution in [3.63, 3.8) is 0 Å². The van der Waals surface area contributed by atoms with E-state index in [4.69, 9.17) is 5.11 Å². The quantitative estimate of drug-likeness (QED) is 0.670. The van der Waals surface area contributed by atoms with Gasteiger partial charge in [-0.1, -0.05) is 36.4 Å². The number of amides is 2. The van der Waals surface area contributed by atoms with Crippen molar-refractivity contribution in [2.24, 2.45) is 0 Å². The molecule has 0 aliphatic rings. The second-order valence-electron chi connectivity index (χ2n) is 5.07. The molecule has 2 amide bonds. The smallest absolute Gasteiger partial charge is 0.405 e. The van der Waals surface area contributed by atoms with Gasteiger partial charge in [0.25, 0.3) is 0 Å². The number of hydrogen-bond donors (Lipinski definition) is 3. The van der Waals surface area contributed by atoms with Crippen molar-refractivity contribution in [1.29, 1.82) is 0 Å². The second-order valence-corrected chi connectivity index (χ2v) is 5.07. The van der Waals surface area contributed by atoms with Crippen LogP contribution in [0.1, 0.15) is 25.0 Å². The summed E-state index contributed by atoms with van der Waals surface area (Å²) in [5.74, 6) is -0.412. The maximum Gasteiger partial charge on any atom is 0.405 e. The van der Waals surface area contributed by atoms with Gasteiger partial charge in [0.1, 0.15) is 6.04 Å². The predicted molar refractivity (Wildman–Crippen MR) is 83.4 cm³/mol. The minimum Gasteiger partial charge on any atom is -0.465 e. The molecule has 1 rings (SSSR count). The van der Waals surface area contributed by atoms with E-state index in [2.05, 4.69) is 11.9 Å².